The molecular weight excluding hydrogens is 266 g/mol. The van der Waals surface area contributed by atoms with Crippen molar-refractivity contribution >= 4 is 17.5 Å². The fraction of sp³-hybridized carbons (Fsp3) is 0.500. The molecule has 1 heterocycles. The zero-order valence-electron chi connectivity index (χ0n) is 12.9. The summed E-state index contributed by atoms with van der Waals surface area (Å²) in [5.41, 5.74) is 2.88. The van der Waals surface area contributed by atoms with Crippen LogP contribution in [0.4, 0.5) is 5.69 Å². The molecule has 2 amide bonds. The van der Waals surface area contributed by atoms with Crippen molar-refractivity contribution < 1.29 is 9.59 Å². The normalized spacial score (nSPS) is 12.8. The smallest absolute Gasteiger partial charge is 0.254 e. The van der Waals surface area contributed by atoms with Crippen molar-refractivity contribution in [3.63, 3.8) is 0 Å². The molecule has 2 rings (SSSR count). The van der Waals surface area contributed by atoms with Gasteiger partial charge in [0.1, 0.15) is 0 Å². The predicted molar refractivity (Wildman–Crippen MR) is 83.4 cm³/mol. The quantitative estimate of drug-likeness (QED) is 0.863. The fourth-order valence-corrected chi connectivity index (χ4v) is 2.31. The number of nitrogens with one attached hydrogen (secondary N) is 2. The number of fused-ring (bicyclic) bond motifs is 1. The Morgan fingerprint density at radius 1 is 1.38 bits per heavy atom. The van der Waals surface area contributed by atoms with Gasteiger partial charge >= 0.3 is 0 Å². The molecule has 5 nitrogen and oxygen atoms in total. The SMILES string of the molecule is CC(C)CNC(=O)CN(C)C(=O)c1ccc2c(c1)NCC2. The first-order chi connectivity index (χ1) is 9.97. The lowest BCUT2D eigenvalue weighted by molar-refractivity contribution is -0.121. The van der Waals surface area contributed by atoms with Crippen LogP contribution in [0.1, 0.15) is 29.8 Å². The number of hydrogen-bond donors (Lipinski definition) is 2. The van der Waals surface area contributed by atoms with Gasteiger partial charge in [-0.1, -0.05) is 19.9 Å². The van der Waals surface area contributed by atoms with E-state index in [2.05, 4.69) is 10.6 Å². The van der Waals surface area contributed by atoms with Crippen molar-refractivity contribution in [2.24, 2.45) is 5.92 Å². The molecule has 0 spiro atoms. The Bertz CT molecular complexity index is 540. The summed E-state index contributed by atoms with van der Waals surface area (Å²) in [5.74, 6) is 0.141. The van der Waals surface area contributed by atoms with Crippen LogP contribution in [0.25, 0.3) is 0 Å². The van der Waals surface area contributed by atoms with Gasteiger partial charge in [0, 0.05) is 31.4 Å². The first kappa shape index (κ1) is 15.4. The maximum absolute atomic E-state index is 12.3. The third-order valence-corrected chi connectivity index (χ3v) is 3.50. The van der Waals surface area contributed by atoms with Gasteiger partial charge in [0.05, 0.1) is 6.54 Å². The summed E-state index contributed by atoms with van der Waals surface area (Å²) in [5, 5.41) is 6.07. The Morgan fingerprint density at radius 3 is 2.86 bits per heavy atom. The Balaban J connectivity index is 1.94. The highest BCUT2D eigenvalue weighted by Crippen LogP contribution is 2.23. The minimum Gasteiger partial charge on any atom is -0.384 e. The molecular formula is C16H23N3O2. The van der Waals surface area contributed by atoms with Gasteiger partial charge in [-0.25, -0.2) is 0 Å². The Kier molecular flexibility index (Phi) is 4.83. The van der Waals surface area contributed by atoms with E-state index in [0.29, 0.717) is 18.0 Å². The number of amides is 2. The van der Waals surface area contributed by atoms with Gasteiger partial charge in [0.2, 0.25) is 5.91 Å². The molecule has 0 bridgehead atoms. The second kappa shape index (κ2) is 6.61. The average Bonchev–Trinajstić information content (AvgIpc) is 2.91. The zero-order valence-corrected chi connectivity index (χ0v) is 12.9. The largest absolute Gasteiger partial charge is 0.384 e. The second-order valence-electron chi connectivity index (χ2n) is 5.91. The van der Waals surface area contributed by atoms with Crippen LogP contribution >= 0.6 is 0 Å². The van der Waals surface area contributed by atoms with E-state index in [1.165, 1.54) is 10.5 Å². The van der Waals surface area contributed by atoms with Gasteiger partial charge in [0.15, 0.2) is 0 Å². The fourth-order valence-electron chi connectivity index (χ4n) is 2.31. The molecule has 1 aromatic carbocycles. The molecule has 2 N–H and O–H groups in total. The van der Waals surface area contributed by atoms with E-state index >= 15 is 0 Å². The van der Waals surface area contributed by atoms with Crippen molar-refractivity contribution in [1.29, 1.82) is 0 Å². The van der Waals surface area contributed by atoms with Crippen LogP contribution in [0.3, 0.4) is 0 Å². The molecule has 0 fully saturated rings. The van der Waals surface area contributed by atoms with E-state index in [0.717, 1.165) is 18.7 Å². The van der Waals surface area contributed by atoms with Gasteiger partial charge in [0.25, 0.3) is 5.91 Å². The van der Waals surface area contributed by atoms with E-state index in [9.17, 15) is 9.59 Å². The number of anilines is 1. The number of benzene rings is 1. The van der Waals surface area contributed by atoms with Gasteiger partial charge < -0.3 is 15.5 Å². The van der Waals surface area contributed by atoms with Crippen LogP contribution < -0.4 is 10.6 Å². The molecule has 0 atom stereocenters. The second-order valence-corrected chi connectivity index (χ2v) is 5.91. The summed E-state index contributed by atoms with van der Waals surface area (Å²) >= 11 is 0. The standard InChI is InChI=1S/C16H23N3O2/c1-11(2)9-18-15(20)10-19(3)16(21)13-5-4-12-6-7-17-14(12)8-13/h4-5,8,11,17H,6-7,9-10H2,1-3H3,(H,18,20). The number of hydrogen-bond acceptors (Lipinski definition) is 3. The van der Waals surface area contributed by atoms with Crippen molar-refractivity contribution in [3.8, 4) is 0 Å². The maximum atomic E-state index is 12.3. The summed E-state index contributed by atoms with van der Waals surface area (Å²) < 4.78 is 0. The number of carbonyl (C=O) groups excluding carboxylic acids is 2. The van der Waals surface area contributed by atoms with E-state index in [1.54, 1.807) is 7.05 Å². The van der Waals surface area contributed by atoms with Gasteiger partial charge in [-0.05, 0) is 30.0 Å². The van der Waals surface area contributed by atoms with Gasteiger partial charge in [-0.2, -0.15) is 0 Å². The zero-order chi connectivity index (χ0) is 15.4. The third kappa shape index (κ3) is 3.97. The molecule has 114 valence electrons. The number of carbonyl (C=O) groups is 2. The minimum atomic E-state index is -0.133. The summed E-state index contributed by atoms with van der Waals surface area (Å²) in [4.78, 5) is 25.6. The topological polar surface area (TPSA) is 61.4 Å². The average molecular weight is 289 g/mol. The molecule has 1 aromatic rings. The van der Waals surface area contributed by atoms with E-state index in [4.69, 9.17) is 0 Å². The van der Waals surface area contributed by atoms with Crippen LogP contribution in [0.5, 0.6) is 0 Å². The van der Waals surface area contributed by atoms with Gasteiger partial charge in [-0.15, -0.1) is 0 Å². The highest BCUT2D eigenvalue weighted by atomic mass is 16.2. The third-order valence-electron chi connectivity index (χ3n) is 3.50. The van der Waals surface area contributed by atoms with Crippen LogP contribution in [0.15, 0.2) is 18.2 Å². The predicted octanol–water partition coefficient (Wildman–Crippen LogP) is 1.50. The number of rotatable bonds is 5. The molecule has 1 aliphatic heterocycles. The van der Waals surface area contributed by atoms with Crippen molar-refractivity contribution in [2.75, 3.05) is 32.0 Å². The van der Waals surface area contributed by atoms with E-state index in [1.807, 2.05) is 32.0 Å². The monoisotopic (exact) mass is 289 g/mol. The highest BCUT2D eigenvalue weighted by molar-refractivity contribution is 5.97. The summed E-state index contributed by atoms with van der Waals surface area (Å²) in [7, 11) is 1.65. The Morgan fingerprint density at radius 2 is 2.14 bits per heavy atom. The Hall–Kier alpha value is -2.04. The molecule has 0 saturated heterocycles. The van der Waals surface area contributed by atoms with Crippen LogP contribution in [0, 0.1) is 5.92 Å². The summed E-state index contributed by atoms with van der Waals surface area (Å²) in [6, 6.07) is 5.68. The summed E-state index contributed by atoms with van der Waals surface area (Å²) in [6.45, 7) is 5.69. The molecule has 0 unspecified atom stereocenters. The lowest BCUT2D eigenvalue weighted by Gasteiger charge is -2.18. The van der Waals surface area contributed by atoms with Crippen molar-refractivity contribution in [3.05, 3.63) is 29.3 Å². The van der Waals surface area contributed by atoms with Crippen LogP contribution in [0.2, 0.25) is 0 Å². The molecule has 0 radical (unpaired) electrons. The van der Waals surface area contributed by atoms with Crippen molar-refractivity contribution in [1.82, 2.24) is 10.2 Å². The number of likely N-dealkylation sites (N-methyl/N-ethyl adjacent to an activating group) is 1. The first-order valence-electron chi connectivity index (χ1n) is 7.36. The summed E-state index contributed by atoms with van der Waals surface area (Å²) in [6.07, 6.45) is 0.997. The van der Waals surface area contributed by atoms with Gasteiger partial charge in [-0.3, -0.25) is 9.59 Å². The molecule has 0 saturated carbocycles. The lowest BCUT2D eigenvalue weighted by Crippen LogP contribution is -2.39. The molecule has 1 aliphatic rings. The molecule has 0 aliphatic carbocycles. The molecule has 21 heavy (non-hydrogen) atoms. The first-order valence-corrected chi connectivity index (χ1v) is 7.36. The lowest BCUT2D eigenvalue weighted by atomic mass is 10.1. The minimum absolute atomic E-state index is 0.0794. The van der Waals surface area contributed by atoms with Crippen LogP contribution in [-0.4, -0.2) is 43.4 Å². The van der Waals surface area contributed by atoms with E-state index in [-0.39, 0.29) is 18.4 Å². The highest BCUT2D eigenvalue weighted by Gasteiger charge is 2.18. The van der Waals surface area contributed by atoms with Crippen LogP contribution in [-0.2, 0) is 11.2 Å². The van der Waals surface area contributed by atoms with Crippen molar-refractivity contribution in [2.45, 2.75) is 20.3 Å². The van der Waals surface area contributed by atoms with E-state index < -0.39 is 0 Å². The Labute approximate surface area is 125 Å². The molecule has 5 heteroatoms. The maximum Gasteiger partial charge on any atom is 0.254 e. The number of nitrogens with zero attached hydrogens (tertiary/aromatic N) is 1. The molecule has 0 aromatic heterocycles.